The van der Waals surface area contributed by atoms with Crippen molar-refractivity contribution in [3.05, 3.63) is 59.7 Å². The molecule has 21 N–H and O–H groups in total. The summed E-state index contributed by atoms with van der Waals surface area (Å²) in [7, 11) is 0. The Morgan fingerprint density at radius 2 is 0.788 bits per heavy atom. The fraction of sp³-hybridized carbons (Fsp3) is 0.563. The number of nitrogens with zero attached hydrogens (tertiary/aromatic N) is 4. The Bertz CT molecular complexity index is 3830. The molecule has 0 saturated carbocycles. The summed E-state index contributed by atoms with van der Waals surface area (Å²) in [6.07, 6.45) is -4.67. The van der Waals surface area contributed by atoms with Crippen LogP contribution in [-0.2, 0) is 104 Å². The molecule has 44 nitrogen and oxygen atoms in total. The van der Waals surface area contributed by atoms with E-state index in [0.29, 0.717) is 0 Å². The van der Waals surface area contributed by atoms with Crippen molar-refractivity contribution >= 4 is 138 Å². The number of benzene rings is 2. The number of carboxylic acids is 7. The monoisotopic (exact) mass is 1850 g/mol. The van der Waals surface area contributed by atoms with Gasteiger partial charge in [0, 0.05) is 57.1 Å². The molecule has 1 heterocycles. The number of aromatic hydroxyl groups is 2. The zero-order chi connectivity index (χ0) is 88.1. The van der Waals surface area contributed by atoms with E-state index in [9.17, 15) is 137 Å². The Hall–Kier alpha value is -10.2. The van der Waals surface area contributed by atoms with Crippen LogP contribution in [-0.4, -0.2) is 340 Å². The van der Waals surface area contributed by atoms with Gasteiger partial charge in [-0.1, -0.05) is 52.0 Å². The van der Waals surface area contributed by atoms with Crippen LogP contribution < -0.4 is 58.5 Å². The molecule has 2 aromatic rings. The number of aliphatic carboxylic acids is 7. The first-order chi connectivity index (χ1) is 54.9. The summed E-state index contributed by atoms with van der Waals surface area (Å²) in [5, 5.41) is 123. The van der Waals surface area contributed by atoms with Gasteiger partial charge in [-0.25, -0.2) is 4.79 Å². The van der Waals surface area contributed by atoms with E-state index in [0.717, 1.165) is 21.6 Å². The predicted molar refractivity (Wildman–Crippen MR) is 412 cm³/mol. The minimum absolute atomic E-state index is 0. The molecule has 118 heavy (non-hydrogen) atoms. The van der Waals surface area contributed by atoms with Gasteiger partial charge in [0.1, 0.15) is 71.9 Å². The minimum Gasteiger partial charge on any atom is -0.508 e. The zero-order valence-electron chi connectivity index (χ0n) is 64.9. The summed E-state index contributed by atoms with van der Waals surface area (Å²) in [6.45, 7) is 1.77. The van der Waals surface area contributed by atoms with Gasteiger partial charge in [0.2, 0.25) is 70.9 Å². The molecule has 1 radical (unpaired) electrons. The third kappa shape index (κ3) is 39.4. The first-order valence-corrected chi connectivity index (χ1v) is 37.9. The van der Waals surface area contributed by atoms with Crippen molar-refractivity contribution in [2.45, 2.75) is 153 Å². The molecule has 11 atom stereocenters. The number of hydrogen-bond donors (Lipinski definition) is 23. The van der Waals surface area contributed by atoms with Crippen LogP contribution in [0, 0.1) is 51.8 Å². The molecule has 2 aromatic carbocycles. The van der Waals surface area contributed by atoms with Crippen molar-refractivity contribution < 1.29 is 182 Å². The minimum atomic E-state index is -2.06. The zero-order valence-corrected chi connectivity index (χ0v) is 69.0. The quantitative estimate of drug-likeness (QED) is 0.0274. The molecule has 1 fully saturated rings. The van der Waals surface area contributed by atoms with Gasteiger partial charge < -0.3 is 114 Å². The number of carbonyl (C=O) groups excluding carboxylic acids is 12. The van der Waals surface area contributed by atoms with Crippen LogP contribution in [0.1, 0.15) is 84.3 Å². The van der Waals surface area contributed by atoms with Gasteiger partial charge in [-0.2, -0.15) is 25.3 Å². The molecule has 47 heteroatoms. The second kappa shape index (κ2) is 52.6. The molecule has 12 amide bonds. The van der Waals surface area contributed by atoms with E-state index in [4.69, 9.17) is 5.11 Å². The van der Waals surface area contributed by atoms with E-state index < -0.39 is 262 Å². The number of nitrogens with one attached hydrogen (secondary N) is 11. The van der Waals surface area contributed by atoms with Gasteiger partial charge in [-0.15, -0.1) is 0 Å². The van der Waals surface area contributed by atoms with Crippen LogP contribution in [0.3, 0.4) is 0 Å². The van der Waals surface area contributed by atoms with Gasteiger partial charge in [0.25, 0.3) is 0 Å². The normalized spacial score (nSPS) is 15.0. The number of likely N-dealkylation sites (tertiary alicyclic amines) is 1. The second-order valence-corrected chi connectivity index (χ2v) is 28.9. The third-order valence-corrected chi connectivity index (χ3v) is 18.1. The molecular formula is C71H103GdN15O29S2+3. The molecule has 0 aromatic heterocycles. The molecule has 0 spiro atoms. The average Bonchev–Trinajstić information content (AvgIpc) is 1.65. The fourth-order valence-electron chi connectivity index (χ4n) is 11.7. The van der Waals surface area contributed by atoms with Crippen molar-refractivity contribution in [1.82, 2.24) is 78.1 Å². The molecule has 0 aliphatic carbocycles. The Morgan fingerprint density at radius 1 is 0.415 bits per heavy atom. The van der Waals surface area contributed by atoms with E-state index in [1.807, 2.05) is 0 Å². The molecule has 1 saturated heterocycles. The van der Waals surface area contributed by atoms with E-state index in [-0.39, 0.29) is 133 Å². The number of carbonyl (C=O) groups is 19. The van der Waals surface area contributed by atoms with Gasteiger partial charge >= 0.3 is 81.7 Å². The Labute approximate surface area is 719 Å². The first kappa shape index (κ1) is 104. The summed E-state index contributed by atoms with van der Waals surface area (Å²) in [6, 6.07) is -6.40. The van der Waals surface area contributed by atoms with Crippen molar-refractivity contribution in [2.75, 3.05) is 90.0 Å². The van der Waals surface area contributed by atoms with Crippen molar-refractivity contribution in [1.29, 1.82) is 0 Å². The number of phenolic OH excluding ortho intramolecular Hbond substituents is 2. The topological polar surface area (TPSA) is 672 Å². The van der Waals surface area contributed by atoms with Crippen LogP contribution in [0.2, 0.25) is 0 Å². The summed E-state index contributed by atoms with van der Waals surface area (Å²) >= 11 is 8.33. The number of phenols is 2. The van der Waals surface area contributed by atoms with Crippen LogP contribution in [0.15, 0.2) is 48.5 Å². The van der Waals surface area contributed by atoms with Crippen molar-refractivity contribution in [2.24, 2.45) is 11.8 Å². The van der Waals surface area contributed by atoms with Gasteiger partial charge in [-0.3, -0.25) is 101 Å². The van der Waals surface area contributed by atoms with Crippen molar-refractivity contribution in [3.8, 4) is 11.5 Å². The van der Waals surface area contributed by atoms with Gasteiger partial charge in [-0.05, 0) is 79.8 Å². The first-order valence-electron chi connectivity index (χ1n) is 36.6. The van der Waals surface area contributed by atoms with E-state index in [1.54, 1.807) is 27.7 Å². The summed E-state index contributed by atoms with van der Waals surface area (Å²) in [5.74, 6) is -25.1. The number of aliphatic hydroxyl groups excluding tert-OH is 1. The predicted octanol–water partition coefficient (Wildman–Crippen LogP) is -6.92. The van der Waals surface area contributed by atoms with Crippen molar-refractivity contribution in [3.63, 3.8) is 0 Å². The number of hydrogen-bond acceptors (Lipinski definition) is 27. The van der Waals surface area contributed by atoms with Crippen LogP contribution in [0.25, 0.3) is 0 Å². The number of carboxylic acid groups (broad SMARTS) is 7. The Kier molecular flexibility index (Phi) is 46.3. The molecular weight excluding hydrogens is 1750 g/mol. The van der Waals surface area contributed by atoms with E-state index >= 15 is 0 Å². The molecule has 0 bridgehead atoms. The Balaban J connectivity index is 0.0000472. The van der Waals surface area contributed by atoms with Crippen LogP contribution in [0.5, 0.6) is 11.5 Å². The summed E-state index contributed by atoms with van der Waals surface area (Å²) < 4.78 is 0. The smallest absolute Gasteiger partial charge is 0.508 e. The van der Waals surface area contributed by atoms with E-state index in [1.165, 1.54) is 53.4 Å². The van der Waals surface area contributed by atoms with Gasteiger partial charge in [0.05, 0.1) is 64.8 Å². The number of rotatable bonds is 54. The number of thiol groups is 2. The summed E-state index contributed by atoms with van der Waals surface area (Å²) in [5.41, 5.74) is 0.518. The maximum atomic E-state index is 14.6. The van der Waals surface area contributed by atoms with E-state index in [2.05, 4.69) is 83.7 Å². The van der Waals surface area contributed by atoms with Gasteiger partial charge in [0.15, 0.2) is 0 Å². The average molecular weight is 1850 g/mol. The summed E-state index contributed by atoms with van der Waals surface area (Å²) in [4.78, 5) is 253. The van der Waals surface area contributed by atoms with Crippen LogP contribution in [0.4, 0.5) is 0 Å². The second-order valence-electron chi connectivity index (χ2n) is 28.2. The number of amides is 12. The molecule has 1 aliphatic heterocycles. The molecule has 1 aliphatic rings. The fourth-order valence-corrected chi connectivity index (χ4v) is 12.2. The third-order valence-electron chi connectivity index (χ3n) is 17.4. The SMILES string of the molecule is CC(C)C[C@H](NC(=O)[C@H](CS)NC(=O)[C@@H](NC(=O)CNC(=O)[C@H](Cc1ccc(O)cc1)NC(=O)[C@H](Cc1ccc(O)cc1)NC(=O)[C@H](CC(=O)O)NC(=O)[C@H](CS)NC(=O)[C@@H]1CCCN1C(=O)[C@H](CC(C)C)NC(=O)CNC(=O)CN(CCN(CCN(CC(=O)O)CC(=O)O)CC(=O)O)CC(=O)O)[C@@H](C)O)C(=O)N[C@@H](CC(=O)O)C(=O)O.[Gd+3]. The maximum Gasteiger partial charge on any atom is 3.00 e. The Morgan fingerprint density at radius 3 is 1.25 bits per heavy atom. The molecule has 653 valence electrons. The van der Waals surface area contributed by atoms with Crippen LogP contribution >= 0.6 is 25.3 Å². The standard InChI is InChI=1S/C71H103N15O29S2.Gd/c1-36(2)21-43(63(106)79-48(71(114)115)26-56(95)96)75-67(110)50(35-117)81-69(112)61(38(5)87)82-53(91)28-73-62(105)44(23-39-8-12-41(88)13-9-39)76-64(107)45(24-40-10-14-42(89)15-11-40)77-65(108)46(25-55(93)94)78-66(109)49(34-116)80-68(111)51-7-6-16-86(51)70(113)47(22-37(3)4)74-52(90)27-72-54(92)29-84(31-58(99)100)19-17-83(30-57(97)98)18-20-85(32-59(101)102)33-60(103)104;/h8-15,36-38,43-51,61,87-89,116-117H,6-7,16-35H2,1-5H3,(H,72,92)(H,73,105)(H,74,90)(H,75,110)(H,76,107)(H,77,108)(H,78,109)(H,79,106)(H,80,111)(H,81,112)(H,82,91)(H,93,94)(H,95,96)(H,97,98)(H,99,100)(H,101,102)(H,103,104)(H,114,115);/q;+3/t38-,43+,44+,45+,46+,47+,48+,49+,50+,51+,61+;/m1./s1. The molecule has 3 rings (SSSR count). The number of aliphatic hydroxyl groups is 1. The maximum absolute atomic E-state index is 14.6. The largest absolute Gasteiger partial charge is 3.00 e. The molecule has 0 unspecified atom stereocenters.